The first-order valence-corrected chi connectivity index (χ1v) is 11.4. The summed E-state index contributed by atoms with van der Waals surface area (Å²) in [5.41, 5.74) is 0.0444. The van der Waals surface area contributed by atoms with Crippen molar-refractivity contribution in [2.45, 2.75) is 37.6 Å². The van der Waals surface area contributed by atoms with E-state index in [4.69, 9.17) is 16.3 Å². The van der Waals surface area contributed by atoms with E-state index in [0.717, 1.165) is 35.3 Å². The number of sulfonamides is 1. The Morgan fingerprint density at radius 3 is 2.45 bits per heavy atom. The molecule has 0 unspecified atom stereocenters. The van der Waals surface area contributed by atoms with Crippen LogP contribution in [-0.4, -0.2) is 40.0 Å². The van der Waals surface area contributed by atoms with Gasteiger partial charge in [0.2, 0.25) is 0 Å². The molecule has 0 aliphatic carbocycles. The smallest absolute Gasteiger partial charge is 0.340 e. The minimum atomic E-state index is -4.07. The lowest BCUT2D eigenvalue weighted by Crippen LogP contribution is -2.35. The Kier molecular flexibility index (Phi) is 8.41. The second-order valence-electron chi connectivity index (χ2n) is 6.92. The number of esters is 1. The number of nitrogens with zero attached hydrogens (tertiary/aromatic N) is 1. The highest BCUT2D eigenvalue weighted by Crippen LogP contribution is 2.26. The summed E-state index contributed by atoms with van der Waals surface area (Å²) in [5.74, 6) is -1.89. The van der Waals surface area contributed by atoms with Gasteiger partial charge in [0, 0.05) is 13.1 Å². The van der Waals surface area contributed by atoms with Crippen LogP contribution in [0.5, 0.6) is 0 Å². The molecule has 168 valence electrons. The van der Waals surface area contributed by atoms with Crippen LogP contribution in [-0.2, 0) is 19.6 Å². The van der Waals surface area contributed by atoms with Gasteiger partial charge in [0.05, 0.1) is 21.2 Å². The zero-order valence-corrected chi connectivity index (χ0v) is 19.0. The van der Waals surface area contributed by atoms with E-state index in [-0.39, 0.29) is 27.2 Å². The minimum Gasteiger partial charge on any atom is -0.452 e. The second-order valence-corrected chi connectivity index (χ2v) is 9.30. The van der Waals surface area contributed by atoms with Gasteiger partial charge in [-0.2, -0.15) is 0 Å². The number of halogens is 2. The zero-order valence-electron chi connectivity index (χ0n) is 17.4. The van der Waals surface area contributed by atoms with Crippen molar-refractivity contribution in [3.05, 3.63) is 58.9 Å². The van der Waals surface area contributed by atoms with E-state index in [1.54, 1.807) is 0 Å². The Morgan fingerprint density at radius 2 is 1.84 bits per heavy atom. The quantitative estimate of drug-likeness (QED) is 0.563. The summed E-state index contributed by atoms with van der Waals surface area (Å²) in [6.45, 7) is 3.31. The Morgan fingerprint density at radius 1 is 1.19 bits per heavy atom. The fourth-order valence-electron chi connectivity index (χ4n) is 2.80. The van der Waals surface area contributed by atoms with Gasteiger partial charge in [-0.25, -0.2) is 17.6 Å². The molecule has 1 amide bonds. The number of carbonyl (C=O) groups excluding carboxylic acids is 2. The number of hydrogen-bond acceptors (Lipinski definition) is 5. The van der Waals surface area contributed by atoms with E-state index in [9.17, 15) is 22.4 Å². The molecule has 0 bridgehead atoms. The standard InChI is InChI=1S/C21H24ClFN2O5S/c1-4-5-14(2)24-20(26)13-30-21(27)18-12-17(10-11-19(18)22)31(28,29)25(3)16-8-6-15(23)7-9-16/h6-12,14H,4-5,13H2,1-3H3,(H,24,26)/t14-/m0/s1. The topological polar surface area (TPSA) is 92.8 Å². The molecule has 10 heteroatoms. The molecule has 7 nitrogen and oxygen atoms in total. The molecule has 1 N–H and O–H groups in total. The number of benzene rings is 2. The summed E-state index contributed by atoms with van der Waals surface area (Å²) in [6, 6.07) is 8.43. The lowest BCUT2D eigenvalue weighted by molar-refractivity contribution is -0.124. The molecule has 0 saturated carbocycles. The average Bonchev–Trinajstić information content (AvgIpc) is 2.72. The first-order chi connectivity index (χ1) is 14.6. The zero-order chi connectivity index (χ0) is 23.2. The molecule has 0 aliphatic heterocycles. The van der Waals surface area contributed by atoms with Crippen molar-refractivity contribution in [2.75, 3.05) is 18.0 Å². The van der Waals surface area contributed by atoms with Crippen LogP contribution in [0.1, 0.15) is 37.0 Å². The van der Waals surface area contributed by atoms with Crippen molar-refractivity contribution in [3.8, 4) is 0 Å². The molecular weight excluding hydrogens is 447 g/mol. The maximum Gasteiger partial charge on any atom is 0.340 e. The molecule has 1 atom stereocenters. The van der Waals surface area contributed by atoms with Crippen LogP contribution in [0.2, 0.25) is 5.02 Å². The number of rotatable bonds is 9. The molecule has 2 rings (SSSR count). The SMILES string of the molecule is CCC[C@H](C)NC(=O)COC(=O)c1cc(S(=O)(=O)N(C)c2ccc(F)cc2)ccc1Cl. The van der Waals surface area contributed by atoms with Gasteiger partial charge in [-0.15, -0.1) is 0 Å². The fourth-order valence-corrected chi connectivity index (χ4v) is 4.22. The van der Waals surface area contributed by atoms with Crippen molar-refractivity contribution in [2.24, 2.45) is 0 Å². The molecule has 0 aromatic heterocycles. The first-order valence-electron chi connectivity index (χ1n) is 9.56. The fraction of sp³-hybridized carbons (Fsp3) is 0.333. The number of nitrogens with one attached hydrogen (secondary N) is 1. The van der Waals surface area contributed by atoms with E-state index in [0.29, 0.717) is 0 Å². The van der Waals surface area contributed by atoms with E-state index in [1.165, 1.54) is 31.3 Å². The second kappa shape index (κ2) is 10.6. The molecule has 0 fully saturated rings. The van der Waals surface area contributed by atoms with Crippen LogP contribution in [0, 0.1) is 5.82 Å². The minimum absolute atomic E-state index is 0.0202. The lowest BCUT2D eigenvalue weighted by atomic mass is 10.2. The number of ether oxygens (including phenoxy) is 1. The Balaban J connectivity index is 2.17. The van der Waals surface area contributed by atoms with Crippen molar-refractivity contribution in [3.63, 3.8) is 0 Å². The Bertz CT molecular complexity index is 1040. The maximum atomic E-state index is 13.1. The predicted molar refractivity (Wildman–Crippen MR) is 116 cm³/mol. The van der Waals surface area contributed by atoms with E-state index in [2.05, 4.69) is 5.32 Å². The van der Waals surface area contributed by atoms with Crippen LogP contribution in [0.15, 0.2) is 47.4 Å². The van der Waals surface area contributed by atoms with Gasteiger partial charge in [-0.05, 0) is 55.8 Å². The number of hydrogen-bond donors (Lipinski definition) is 1. The summed E-state index contributed by atoms with van der Waals surface area (Å²) in [4.78, 5) is 24.1. The molecular formula is C21H24ClFN2O5S. The van der Waals surface area contributed by atoms with Crippen LogP contribution in [0.4, 0.5) is 10.1 Å². The third-order valence-electron chi connectivity index (χ3n) is 4.47. The van der Waals surface area contributed by atoms with Crippen LogP contribution >= 0.6 is 11.6 Å². The molecule has 2 aromatic carbocycles. The van der Waals surface area contributed by atoms with Gasteiger partial charge in [0.15, 0.2) is 6.61 Å². The predicted octanol–water partition coefficient (Wildman–Crippen LogP) is 3.77. The highest BCUT2D eigenvalue weighted by Gasteiger charge is 2.24. The van der Waals surface area contributed by atoms with Gasteiger partial charge in [0.25, 0.3) is 15.9 Å². The van der Waals surface area contributed by atoms with Crippen molar-refractivity contribution in [1.29, 1.82) is 0 Å². The third kappa shape index (κ3) is 6.41. The number of anilines is 1. The first kappa shape index (κ1) is 24.6. The van der Waals surface area contributed by atoms with Crippen molar-refractivity contribution in [1.82, 2.24) is 5.32 Å². The Labute approximate surface area is 186 Å². The van der Waals surface area contributed by atoms with Gasteiger partial charge >= 0.3 is 5.97 Å². The lowest BCUT2D eigenvalue weighted by Gasteiger charge is -2.20. The van der Waals surface area contributed by atoms with Crippen LogP contribution < -0.4 is 9.62 Å². The van der Waals surface area contributed by atoms with Crippen LogP contribution in [0.25, 0.3) is 0 Å². The molecule has 0 radical (unpaired) electrons. The number of amides is 1. The monoisotopic (exact) mass is 470 g/mol. The normalized spacial score (nSPS) is 12.2. The van der Waals surface area contributed by atoms with Gasteiger partial charge in [-0.1, -0.05) is 24.9 Å². The van der Waals surface area contributed by atoms with Crippen molar-refractivity contribution < 1.29 is 27.1 Å². The van der Waals surface area contributed by atoms with Crippen LogP contribution in [0.3, 0.4) is 0 Å². The summed E-state index contributed by atoms with van der Waals surface area (Å²) in [5, 5.41) is 2.68. The molecule has 0 heterocycles. The molecule has 0 aliphatic rings. The summed E-state index contributed by atoms with van der Waals surface area (Å²) in [6.07, 6.45) is 1.68. The van der Waals surface area contributed by atoms with E-state index >= 15 is 0 Å². The molecule has 0 saturated heterocycles. The highest BCUT2D eigenvalue weighted by atomic mass is 35.5. The van der Waals surface area contributed by atoms with Crippen molar-refractivity contribution >= 4 is 39.2 Å². The average molecular weight is 471 g/mol. The summed E-state index contributed by atoms with van der Waals surface area (Å²) < 4.78 is 44.9. The maximum absolute atomic E-state index is 13.1. The summed E-state index contributed by atoms with van der Waals surface area (Å²) >= 11 is 6.04. The summed E-state index contributed by atoms with van der Waals surface area (Å²) in [7, 11) is -2.76. The van der Waals surface area contributed by atoms with E-state index < -0.39 is 34.3 Å². The third-order valence-corrected chi connectivity index (χ3v) is 6.58. The molecule has 0 spiro atoms. The van der Waals surface area contributed by atoms with E-state index in [1.807, 2.05) is 13.8 Å². The highest BCUT2D eigenvalue weighted by molar-refractivity contribution is 7.92. The van der Waals surface area contributed by atoms with Gasteiger partial charge in [0.1, 0.15) is 5.82 Å². The number of carbonyl (C=O) groups is 2. The molecule has 31 heavy (non-hydrogen) atoms. The Hall–Kier alpha value is -2.65. The largest absolute Gasteiger partial charge is 0.452 e. The van der Waals surface area contributed by atoms with Gasteiger partial charge < -0.3 is 10.1 Å². The molecule has 2 aromatic rings. The van der Waals surface area contributed by atoms with Gasteiger partial charge in [-0.3, -0.25) is 9.10 Å².